The molecule has 0 unspecified atom stereocenters. The molecule has 0 aliphatic heterocycles. The van der Waals surface area contributed by atoms with Crippen LogP contribution < -0.4 is 5.73 Å². The van der Waals surface area contributed by atoms with E-state index in [1.807, 2.05) is 18.2 Å². The monoisotopic (exact) mass is 257 g/mol. The van der Waals surface area contributed by atoms with E-state index in [9.17, 15) is 4.39 Å². The predicted octanol–water partition coefficient (Wildman–Crippen LogP) is 4.76. The van der Waals surface area contributed by atoms with E-state index in [-0.39, 0.29) is 16.9 Å². The van der Waals surface area contributed by atoms with E-state index < -0.39 is 0 Å². The molecule has 2 aromatic rings. The number of nitrogen functional groups attached to an aromatic ring is 1. The van der Waals surface area contributed by atoms with Crippen LogP contribution in [0.15, 0.2) is 42.5 Å². The van der Waals surface area contributed by atoms with Crippen LogP contribution in [0.25, 0.3) is 11.1 Å². The lowest BCUT2D eigenvalue weighted by Crippen LogP contribution is -2.14. The lowest BCUT2D eigenvalue weighted by molar-refractivity contribution is 0.506. The third-order valence-electron chi connectivity index (χ3n) is 3.88. The number of nitrogens with two attached hydrogens (primary N) is 1. The minimum absolute atomic E-state index is 0.172. The van der Waals surface area contributed by atoms with Gasteiger partial charge in [-0.05, 0) is 40.7 Å². The van der Waals surface area contributed by atoms with Gasteiger partial charge in [0.1, 0.15) is 5.82 Å². The molecule has 2 aromatic carbocycles. The second kappa shape index (κ2) is 5.04. The number of benzene rings is 2. The van der Waals surface area contributed by atoms with Crippen molar-refractivity contribution < 1.29 is 4.39 Å². The summed E-state index contributed by atoms with van der Waals surface area (Å²) in [6.45, 7) is 6.64. The van der Waals surface area contributed by atoms with Crippen LogP contribution in [0, 0.1) is 5.82 Å². The van der Waals surface area contributed by atoms with E-state index in [2.05, 4.69) is 32.9 Å². The Morgan fingerprint density at radius 3 is 2.11 bits per heavy atom. The van der Waals surface area contributed by atoms with E-state index in [0.717, 1.165) is 17.5 Å². The summed E-state index contributed by atoms with van der Waals surface area (Å²) in [6, 6.07) is 13.2. The summed E-state index contributed by atoms with van der Waals surface area (Å²) in [7, 11) is 0. The minimum Gasteiger partial charge on any atom is -0.396 e. The second-order valence-corrected chi connectivity index (χ2v) is 5.55. The van der Waals surface area contributed by atoms with Crippen molar-refractivity contribution in [2.75, 3.05) is 5.73 Å². The first-order valence-electron chi connectivity index (χ1n) is 6.60. The third kappa shape index (κ3) is 2.78. The molecule has 0 aromatic heterocycles. The van der Waals surface area contributed by atoms with Crippen molar-refractivity contribution in [2.45, 2.75) is 32.6 Å². The van der Waals surface area contributed by atoms with Crippen LogP contribution in [0.3, 0.4) is 0 Å². The molecule has 0 saturated carbocycles. The molecule has 0 amide bonds. The topological polar surface area (TPSA) is 26.0 Å². The Morgan fingerprint density at radius 1 is 1.00 bits per heavy atom. The van der Waals surface area contributed by atoms with Crippen LogP contribution in [0.4, 0.5) is 10.1 Å². The van der Waals surface area contributed by atoms with Gasteiger partial charge in [-0.3, -0.25) is 0 Å². The molecule has 1 nitrogen and oxygen atoms in total. The molecule has 2 heteroatoms. The molecule has 0 aliphatic rings. The Hall–Kier alpha value is -1.83. The molecule has 0 radical (unpaired) electrons. The Kier molecular flexibility index (Phi) is 3.61. The highest BCUT2D eigenvalue weighted by molar-refractivity contribution is 5.66. The first kappa shape index (κ1) is 13.6. The summed E-state index contributed by atoms with van der Waals surface area (Å²) in [5, 5.41) is 0. The van der Waals surface area contributed by atoms with Crippen LogP contribution >= 0.6 is 0 Å². The maximum atomic E-state index is 13.5. The third-order valence-corrected chi connectivity index (χ3v) is 3.88. The number of rotatable bonds is 3. The average Bonchev–Trinajstić information content (AvgIpc) is 2.42. The molecule has 0 spiro atoms. The zero-order valence-corrected chi connectivity index (χ0v) is 11.7. The SMILES string of the molecule is CCC(C)(C)c1ccc(-c2ccc(N)c(F)c2)cc1. The normalized spacial score (nSPS) is 11.6. The van der Waals surface area contributed by atoms with E-state index in [1.54, 1.807) is 6.07 Å². The summed E-state index contributed by atoms with van der Waals surface area (Å²) in [6.07, 6.45) is 1.09. The van der Waals surface area contributed by atoms with Crippen molar-refractivity contribution in [1.82, 2.24) is 0 Å². The molecule has 100 valence electrons. The standard InChI is InChI=1S/C17H20FN/c1-4-17(2,3)14-8-5-12(6-9-14)13-7-10-16(19)15(18)11-13/h5-11H,4,19H2,1-3H3. The highest BCUT2D eigenvalue weighted by Gasteiger charge is 2.17. The highest BCUT2D eigenvalue weighted by Crippen LogP contribution is 2.29. The molecular weight excluding hydrogens is 237 g/mol. The van der Waals surface area contributed by atoms with Crippen LogP contribution in [0.2, 0.25) is 0 Å². The second-order valence-electron chi connectivity index (χ2n) is 5.55. The number of hydrogen-bond donors (Lipinski definition) is 1. The van der Waals surface area contributed by atoms with Crippen molar-refractivity contribution in [3.8, 4) is 11.1 Å². The molecule has 0 atom stereocenters. The van der Waals surface area contributed by atoms with Gasteiger partial charge in [-0.15, -0.1) is 0 Å². The molecule has 19 heavy (non-hydrogen) atoms. The molecule has 0 fully saturated rings. The summed E-state index contributed by atoms with van der Waals surface area (Å²) < 4.78 is 13.5. The van der Waals surface area contributed by atoms with Gasteiger partial charge in [-0.25, -0.2) is 4.39 Å². The lowest BCUT2D eigenvalue weighted by atomic mass is 9.82. The van der Waals surface area contributed by atoms with Crippen LogP contribution in [-0.4, -0.2) is 0 Å². The fourth-order valence-electron chi connectivity index (χ4n) is 2.02. The van der Waals surface area contributed by atoms with Crippen LogP contribution in [-0.2, 0) is 5.41 Å². The number of hydrogen-bond acceptors (Lipinski definition) is 1. The van der Waals surface area contributed by atoms with Crippen LogP contribution in [0.5, 0.6) is 0 Å². The Bertz CT molecular complexity index is 570. The van der Waals surface area contributed by atoms with Crippen molar-refractivity contribution in [3.05, 3.63) is 53.8 Å². The van der Waals surface area contributed by atoms with E-state index >= 15 is 0 Å². The smallest absolute Gasteiger partial charge is 0.146 e. The van der Waals surface area contributed by atoms with Gasteiger partial charge in [0.25, 0.3) is 0 Å². The molecule has 2 rings (SSSR count). The van der Waals surface area contributed by atoms with E-state index in [1.165, 1.54) is 11.6 Å². The maximum Gasteiger partial charge on any atom is 0.146 e. The van der Waals surface area contributed by atoms with Gasteiger partial charge in [0, 0.05) is 0 Å². The van der Waals surface area contributed by atoms with Gasteiger partial charge in [0.05, 0.1) is 5.69 Å². The highest BCUT2D eigenvalue weighted by atomic mass is 19.1. The zero-order chi connectivity index (χ0) is 14.0. The molecular formula is C17H20FN. The zero-order valence-electron chi connectivity index (χ0n) is 11.7. The predicted molar refractivity (Wildman–Crippen MR) is 79.6 cm³/mol. The lowest BCUT2D eigenvalue weighted by Gasteiger charge is -2.23. The molecule has 0 aliphatic carbocycles. The van der Waals surface area contributed by atoms with E-state index in [0.29, 0.717) is 0 Å². The fraction of sp³-hybridized carbons (Fsp3) is 0.294. The minimum atomic E-state index is -0.365. The number of halogens is 1. The largest absolute Gasteiger partial charge is 0.396 e. The Balaban J connectivity index is 2.35. The van der Waals surface area contributed by atoms with Gasteiger partial charge in [0.2, 0.25) is 0 Å². The summed E-state index contributed by atoms with van der Waals surface area (Å²) in [5.74, 6) is -0.365. The van der Waals surface area contributed by atoms with Gasteiger partial charge < -0.3 is 5.73 Å². The summed E-state index contributed by atoms with van der Waals surface area (Å²) in [4.78, 5) is 0. The Morgan fingerprint density at radius 2 is 1.58 bits per heavy atom. The van der Waals surface area contributed by atoms with Gasteiger partial charge in [0.15, 0.2) is 0 Å². The maximum absolute atomic E-state index is 13.5. The molecule has 0 bridgehead atoms. The van der Waals surface area contributed by atoms with Gasteiger partial charge in [-0.2, -0.15) is 0 Å². The van der Waals surface area contributed by atoms with Gasteiger partial charge in [-0.1, -0.05) is 51.1 Å². The van der Waals surface area contributed by atoms with Crippen molar-refractivity contribution in [2.24, 2.45) is 0 Å². The van der Waals surface area contributed by atoms with Crippen molar-refractivity contribution in [3.63, 3.8) is 0 Å². The summed E-state index contributed by atoms with van der Waals surface area (Å²) >= 11 is 0. The summed E-state index contributed by atoms with van der Waals surface area (Å²) in [5.41, 5.74) is 9.01. The Labute approximate surface area is 114 Å². The number of anilines is 1. The molecule has 2 N–H and O–H groups in total. The van der Waals surface area contributed by atoms with E-state index in [4.69, 9.17) is 5.73 Å². The first-order chi connectivity index (χ1) is 8.94. The average molecular weight is 257 g/mol. The van der Waals surface area contributed by atoms with Gasteiger partial charge >= 0.3 is 0 Å². The van der Waals surface area contributed by atoms with Crippen molar-refractivity contribution in [1.29, 1.82) is 0 Å². The van der Waals surface area contributed by atoms with Crippen LogP contribution in [0.1, 0.15) is 32.8 Å². The molecule has 0 saturated heterocycles. The quantitative estimate of drug-likeness (QED) is 0.788. The first-order valence-corrected chi connectivity index (χ1v) is 6.60. The fourth-order valence-corrected chi connectivity index (χ4v) is 2.02. The molecule has 0 heterocycles. The van der Waals surface area contributed by atoms with Crippen molar-refractivity contribution >= 4 is 5.69 Å².